The van der Waals surface area contributed by atoms with Crippen LogP contribution in [0.25, 0.3) is 0 Å². The molecular formula is C16H23F3IN3OS. The summed E-state index contributed by atoms with van der Waals surface area (Å²) in [6.07, 6.45) is 2.38. The van der Waals surface area contributed by atoms with Gasteiger partial charge in [-0.15, -0.1) is 24.0 Å². The highest BCUT2D eigenvalue weighted by atomic mass is 127. The summed E-state index contributed by atoms with van der Waals surface area (Å²) >= 11 is 1.92. The molecule has 0 bridgehead atoms. The molecule has 2 rings (SSSR count). The topological polar surface area (TPSA) is 45.7 Å². The van der Waals surface area contributed by atoms with Gasteiger partial charge in [-0.3, -0.25) is 0 Å². The second-order valence-electron chi connectivity index (χ2n) is 5.31. The first kappa shape index (κ1) is 22.2. The lowest BCUT2D eigenvalue weighted by Gasteiger charge is -2.15. The molecule has 9 heteroatoms. The Morgan fingerprint density at radius 1 is 1.40 bits per heavy atom. The van der Waals surface area contributed by atoms with Crippen molar-refractivity contribution in [1.29, 1.82) is 0 Å². The van der Waals surface area contributed by atoms with Crippen molar-refractivity contribution in [3.63, 3.8) is 0 Å². The maximum absolute atomic E-state index is 13.9. The summed E-state index contributed by atoms with van der Waals surface area (Å²) in [7, 11) is 0. The first-order chi connectivity index (χ1) is 11.6. The van der Waals surface area contributed by atoms with Gasteiger partial charge in [-0.05, 0) is 37.7 Å². The number of guanidine groups is 1. The summed E-state index contributed by atoms with van der Waals surface area (Å²) in [6.45, 7) is 0.271. The fraction of sp³-hybridized carbons (Fsp3) is 0.562. The summed E-state index contributed by atoms with van der Waals surface area (Å²) in [5, 5.41) is 6.84. The molecule has 0 radical (unpaired) electrons. The Kier molecular flexibility index (Phi) is 10.4. The molecule has 1 fully saturated rings. The number of thioether (sulfide) groups is 1. The maximum atomic E-state index is 13.9. The van der Waals surface area contributed by atoms with E-state index in [1.165, 1.54) is 30.4 Å². The number of benzene rings is 1. The number of rotatable bonds is 7. The smallest absolute Gasteiger partial charge is 0.387 e. The number of nitrogens with zero attached hydrogens (tertiary/aromatic N) is 1. The Bertz CT molecular complexity index is 557. The number of halogens is 4. The van der Waals surface area contributed by atoms with E-state index in [9.17, 15) is 13.2 Å². The van der Waals surface area contributed by atoms with Crippen LogP contribution in [0, 0.1) is 5.82 Å². The van der Waals surface area contributed by atoms with Gasteiger partial charge >= 0.3 is 6.61 Å². The van der Waals surface area contributed by atoms with E-state index in [1.54, 1.807) is 0 Å². The lowest BCUT2D eigenvalue weighted by Crippen LogP contribution is -2.40. The van der Waals surface area contributed by atoms with Crippen molar-refractivity contribution in [2.24, 2.45) is 4.99 Å². The largest absolute Gasteiger partial charge is 0.434 e. The standard InChI is InChI=1S/C16H22F3N3OS.HI/c1-2-20-16(21-9-11-5-4-8-24-11)22-10-12-13(17)6-3-7-14(12)23-15(18)19;/h3,6-7,11,15H,2,4-5,8-10H2,1H3,(H2,20,21,22);1H. The van der Waals surface area contributed by atoms with Crippen molar-refractivity contribution < 1.29 is 17.9 Å². The fourth-order valence-electron chi connectivity index (χ4n) is 2.41. The lowest BCUT2D eigenvalue weighted by atomic mass is 10.2. The van der Waals surface area contributed by atoms with Crippen LogP contribution in [-0.4, -0.2) is 36.7 Å². The van der Waals surface area contributed by atoms with Crippen molar-refractivity contribution in [3.05, 3.63) is 29.6 Å². The van der Waals surface area contributed by atoms with E-state index in [0.717, 1.165) is 13.0 Å². The zero-order valence-electron chi connectivity index (χ0n) is 13.9. The minimum atomic E-state index is -3.00. The van der Waals surface area contributed by atoms with E-state index in [2.05, 4.69) is 20.4 Å². The molecule has 0 saturated carbocycles. The van der Waals surface area contributed by atoms with E-state index in [1.807, 2.05) is 18.7 Å². The molecule has 0 spiro atoms. The molecule has 2 N–H and O–H groups in total. The first-order valence-electron chi connectivity index (χ1n) is 7.96. The van der Waals surface area contributed by atoms with Gasteiger partial charge in [0.05, 0.1) is 12.1 Å². The van der Waals surface area contributed by atoms with Crippen LogP contribution in [0.5, 0.6) is 5.75 Å². The van der Waals surface area contributed by atoms with Crippen LogP contribution in [0.1, 0.15) is 25.3 Å². The number of aliphatic imine (C=N–C) groups is 1. The predicted octanol–water partition coefficient (Wildman–Crippen LogP) is 4.00. The molecule has 25 heavy (non-hydrogen) atoms. The van der Waals surface area contributed by atoms with E-state index in [4.69, 9.17) is 0 Å². The van der Waals surface area contributed by atoms with Gasteiger partial charge in [0, 0.05) is 18.3 Å². The molecule has 1 saturated heterocycles. The Morgan fingerprint density at radius 3 is 2.84 bits per heavy atom. The van der Waals surface area contributed by atoms with Gasteiger partial charge in [-0.2, -0.15) is 20.5 Å². The second kappa shape index (κ2) is 11.7. The molecule has 1 aliphatic rings. The lowest BCUT2D eigenvalue weighted by molar-refractivity contribution is -0.0506. The van der Waals surface area contributed by atoms with Crippen LogP contribution in [0.2, 0.25) is 0 Å². The van der Waals surface area contributed by atoms with Gasteiger partial charge in [0.25, 0.3) is 0 Å². The van der Waals surface area contributed by atoms with Crippen LogP contribution in [0.3, 0.4) is 0 Å². The van der Waals surface area contributed by atoms with Crippen LogP contribution < -0.4 is 15.4 Å². The zero-order chi connectivity index (χ0) is 17.4. The number of hydrogen-bond acceptors (Lipinski definition) is 3. The molecular weight excluding hydrogens is 466 g/mol. The highest BCUT2D eigenvalue weighted by Crippen LogP contribution is 2.25. The van der Waals surface area contributed by atoms with Gasteiger partial charge in [0.2, 0.25) is 0 Å². The van der Waals surface area contributed by atoms with Gasteiger partial charge in [-0.1, -0.05) is 6.07 Å². The summed E-state index contributed by atoms with van der Waals surface area (Å²) in [5.74, 6) is 0.912. The fourth-order valence-corrected chi connectivity index (χ4v) is 3.62. The van der Waals surface area contributed by atoms with Crippen LogP contribution in [0.15, 0.2) is 23.2 Å². The summed E-state index contributed by atoms with van der Waals surface area (Å²) in [5.41, 5.74) is 0.0187. The van der Waals surface area contributed by atoms with Gasteiger partial charge in [0.1, 0.15) is 11.6 Å². The van der Waals surface area contributed by atoms with E-state index < -0.39 is 12.4 Å². The molecule has 1 aromatic rings. The molecule has 1 aromatic carbocycles. The summed E-state index contributed by atoms with van der Waals surface area (Å²) < 4.78 is 43.2. The third kappa shape index (κ3) is 7.51. The van der Waals surface area contributed by atoms with Gasteiger partial charge < -0.3 is 15.4 Å². The Hall–Kier alpha value is -0.840. The van der Waals surface area contributed by atoms with Crippen molar-refractivity contribution in [3.8, 4) is 5.75 Å². The molecule has 1 atom stereocenters. The molecule has 1 heterocycles. The SMILES string of the molecule is CCNC(=NCc1c(F)cccc1OC(F)F)NCC1CCCS1.I. The molecule has 0 aliphatic carbocycles. The van der Waals surface area contributed by atoms with Gasteiger partial charge in [-0.25, -0.2) is 9.38 Å². The first-order valence-corrected chi connectivity index (χ1v) is 9.01. The maximum Gasteiger partial charge on any atom is 0.387 e. The molecule has 1 aliphatic heterocycles. The second-order valence-corrected chi connectivity index (χ2v) is 6.71. The quantitative estimate of drug-likeness (QED) is 0.346. The molecule has 0 amide bonds. The monoisotopic (exact) mass is 489 g/mol. The Balaban J connectivity index is 0.00000312. The third-order valence-electron chi connectivity index (χ3n) is 3.55. The molecule has 0 aromatic heterocycles. The Morgan fingerprint density at radius 2 is 2.20 bits per heavy atom. The van der Waals surface area contributed by atoms with Crippen molar-refractivity contribution >= 4 is 41.7 Å². The van der Waals surface area contributed by atoms with Crippen molar-refractivity contribution in [2.75, 3.05) is 18.8 Å². The summed E-state index contributed by atoms with van der Waals surface area (Å²) in [6, 6.07) is 3.86. The minimum absolute atomic E-state index is 0. The van der Waals surface area contributed by atoms with Crippen molar-refractivity contribution in [1.82, 2.24) is 10.6 Å². The van der Waals surface area contributed by atoms with Crippen molar-refractivity contribution in [2.45, 2.75) is 38.2 Å². The van der Waals surface area contributed by atoms with Crippen LogP contribution >= 0.6 is 35.7 Å². The molecule has 142 valence electrons. The average Bonchev–Trinajstić information content (AvgIpc) is 3.04. The van der Waals surface area contributed by atoms with E-state index in [0.29, 0.717) is 17.8 Å². The van der Waals surface area contributed by atoms with Gasteiger partial charge in [0.15, 0.2) is 5.96 Å². The van der Waals surface area contributed by atoms with E-state index >= 15 is 0 Å². The highest BCUT2D eigenvalue weighted by molar-refractivity contribution is 14.0. The molecule has 4 nitrogen and oxygen atoms in total. The highest BCUT2D eigenvalue weighted by Gasteiger charge is 2.16. The molecule has 1 unspecified atom stereocenters. The number of hydrogen-bond donors (Lipinski definition) is 2. The zero-order valence-corrected chi connectivity index (χ0v) is 17.1. The predicted molar refractivity (Wildman–Crippen MR) is 107 cm³/mol. The normalized spacial score (nSPS) is 17.3. The van der Waals surface area contributed by atoms with Crippen LogP contribution in [0.4, 0.5) is 13.2 Å². The summed E-state index contributed by atoms with van der Waals surface area (Å²) in [4.78, 5) is 4.29. The number of nitrogens with one attached hydrogen (secondary N) is 2. The van der Waals surface area contributed by atoms with Crippen LogP contribution in [-0.2, 0) is 6.54 Å². The average molecular weight is 489 g/mol. The Labute approximate surface area is 167 Å². The third-order valence-corrected chi connectivity index (χ3v) is 4.95. The minimum Gasteiger partial charge on any atom is -0.434 e. The number of ether oxygens (including phenoxy) is 1. The van der Waals surface area contributed by atoms with E-state index in [-0.39, 0.29) is 41.8 Å². The number of alkyl halides is 2.